The summed E-state index contributed by atoms with van der Waals surface area (Å²) in [5.74, 6) is -0.706. The number of benzene rings is 1. The molecule has 20 heavy (non-hydrogen) atoms. The molecule has 1 amide bonds. The van der Waals surface area contributed by atoms with Gasteiger partial charge in [0, 0.05) is 11.3 Å². The van der Waals surface area contributed by atoms with E-state index in [1.807, 2.05) is 0 Å². The number of nitrogens with one attached hydrogen (secondary N) is 1. The van der Waals surface area contributed by atoms with Crippen LogP contribution in [0.5, 0.6) is 0 Å². The summed E-state index contributed by atoms with van der Waals surface area (Å²) in [5.41, 5.74) is 0.818. The van der Waals surface area contributed by atoms with Crippen molar-refractivity contribution in [2.45, 2.75) is 32.2 Å². The first kappa shape index (κ1) is 16.5. The smallest absolute Gasteiger partial charge is 0.389 e. The van der Waals surface area contributed by atoms with E-state index < -0.39 is 30.9 Å². The minimum atomic E-state index is -4.48. The summed E-state index contributed by atoms with van der Waals surface area (Å²) in [6.45, 7) is 1.26. The Labute approximate surface area is 114 Å². The predicted molar refractivity (Wildman–Crippen MR) is 67.2 cm³/mol. The number of rotatable bonds is 5. The number of aliphatic hydroxyl groups is 1. The Bertz CT molecular complexity index is 460. The van der Waals surface area contributed by atoms with E-state index in [1.165, 1.54) is 13.8 Å². The molecule has 1 rings (SSSR count). The highest BCUT2D eigenvalue weighted by molar-refractivity contribution is 5.94. The van der Waals surface area contributed by atoms with Crippen molar-refractivity contribution in [2.75, 3.05) is 11.9 Å². The lowest BCUT2D eigenvalue weighted by molar-refractivity contribution is -0.184. The predicted octanol–water partition coefficient (Wildman–Crippen LogP) is 2.65. The van der Waals surface area contributed by atoms with Crippen LogP contribution in [0.4, 0.5) is 18.9 Å². The normalized spacial score (nSPS) is 14.7. The van der Waals surface area contributed by atoms with E-state index in [9.17, 15) is 23.1 Å². The van der Waals surface area contributed by atoms with Gasteiger partial charge in [0.05, 0.1) is 6.10 Å². The Kier molecular flexibility index (Phi) is 5.52. The van der Waals surface area contributed by atoms with Crippen LogP contribution in [-0.4, -0.2) is 29.9 Å². The van der Waals surface area contributed by atoms with Crippen molar-refractivity contribution in [2.24, 2.45) is 0 Å². The van der Waals surface area contributed by atoms with Crippen molar-refractivity contribution in [3.05, 3.63) is 29.8 Å². The highest BCUT2D eigenvalue weighted by Crippen LogP contribution is 2.22. The number of para-hydroxylation sites is 1. The quantitative estimate of drug-likeness (QED) is 0.877. The van der Waals surface area contributed by atoms with E-state index >= 15 is 0 Å². The fourth-order valence-electron chi connectivity index (χ4n) is 1.50. The summed E-state index contributed by atoms with van der Waals surface area (Å²) < 4.78 is 40.4. The summed E-state index contributed by atoms with van der Waals surface area (Å²) >= 11 is 0. The van der Waals surface area contributed by atoms with Crippen LogP contribution in [0.3, 0.4) is 0 Å². The molecule has 112 valence electrons. The van der Waals surface area contributed by atoms with E-state index in [0.29, 0.717) is 11.3 Å². The second-order valence-electron chi connectivity index (χ2n) is 4.32. The standard InChI is InChI=1S/C13H16F3NO3/c1-8(18)10-5-3-4-6-11(10)17-12(19)9(2)20-7-13(14,15)16/h3-6,8-9,18H,7H2,1-2H3,(H,17,19). The number of carbonyl (C=O) groups excluding carboxylic acids is 1. The van der Waals surface area contributed by atoms with Gasteiger partial charge in [0.25, 0.3) is 5.91 Å². The third-order valence-electron chi connectivity index (χ3n) is 2.53. The minimum absolute atomic E-state index is 0.343. The van der Waals surface area contributed by atoms with Gasteiger partial charge in [-0.1, -0.05) is 18.2 Å². The van der Waals surface area contributed by atoms with Crippen LogP contribution in [0.2, 0.25) is 0 Å². The molecule has 2 atom stereocenters. The molecule has 1 aromatic carbocycles. The molecule has 1 aromatic rings. The highest BCUT2D eigenvalue weighted by atomic mass is 19.4. The lowest BCUT2D eigenvalue weighted by Gasteiger charge is -2.17. The van der Waals surface area contributed by atoms with E-state index in [2.05, 4.69) is 10.1 Å². The number of amides is 1. The van der Waals surface area contributed by atoms with Crippen LogP contribution >= 0.6 is 0 Å². The maximum absolute atomic E-state index is 12.0. The lowest BCUT2D eigenvalue weighted by Crippen LogP contribution is -2.31. The van der Waals surface area contributed by atoms with Gasteiger partial charge in [-0.15, -0.1) is 0 Å². The van der Waals surface area contributed by atoms with E-state index in [4.69, 9.17) is 0 Å². The molecule has 0 bridgehead atoms. The zero-order chi connectivity index (χ0) is 15.3. The molecule has 2 N–H and O–H groups in total. The second-order valence-corrected chi connectivity index (χ2v) is 4.32. The Morgan fingerprint density at radius 2 is 1.95 bits per heavy atom. The largest absolute Gasteiger partial charge is 0.411 e. The zero-order valence-corrected chi connectivity index (χ0v) is 11.1. The third kappa shape index (κ3) is 5.18. The fraction of sp³-hybridized carbons (Fsp3) is 0.462. The van der Waals surface area contributed by atoms with Crippen LogP contribution in [0.15, 0.2) is 24.3 Å². The van der Waals surface area contributed by atoms with Crippen molar-refractivity contribution in [3.8, 4) is 0 Å². The average molecular weight is 291 g/mol. The monoisotopic (exact) mass is 291 g/mol. The molecule has 0 radical (unpaired) electrons. The number of anilines is 1. The molecule has 0 aliphatic carbocycles. The van der Waals surface area contributed by atoms with E-state index in [1.54, 1.807) is 24.3 Å². The molecule has 0 saturated carbocycles. The molecule has 7 heteroatoms. The van der Waals surface area contributed by atoms with Gasteiger partial charge in [0.2, 0.25) is 0 Å². The van der Waals surface area contributed by atoms with Gasteiger partial charge >= 0.3 is 6.18 Å². The van der Waals surface area contributed by atoms with Crippen LogP contribution in [-0.2, 0) is 9.53 Å². The molecule has 2 unspecified atom stereocenters. The topological polar surface area (TPSA) is 58.6 Å². The lowest BCUT2D eigenvalue weighted by atomic mass is 10.1. The van der Waals surface area contributed by atoms with Gasteiger partial charge in [0.15, 0.2) is 0 Å². The van der Waals surface area contributed by atoms with Crippen molar-refractivity contribution in [1.29, 1.82) is 0 Å². The number of aliphatic hydroxyl groups excluding tert-OH is 1. The number of carbonyl (C=O) groups is 1. The summed E-state index contributed by atoms with van der Waals surface area (Å²) in [4.78, 5) is 11.7. The molecular weight excluding hydrogens is 275 g/mol. The average Bonchev–Trinajstić information content (AvgIpc) is 2.35. The van der Waals surface area contributed by atoms with Crippen LogP contribution < -0.4 is 5.32 Å². The maximum Gasteiger partial charge on any atom is 0.411 e. The van der Waals surface area contributed by atoms with Crippen LogP contribution in [0.1, 0.15) is 25.5 Å². The summed E-state index contributed by atoms with van der Waals surface area (Å²) in [7, 11) is 0. The van der Waals surface area contributed by atoms with Crippen LogP contribution in [0, 0.1) is 0 Å². The molecule has 0 aliphatic rings. The number of alkyl halides is 3. The van der Waals surface area contributed by atoms with Crippen molar-refractivity contribution in [1.82, 2.24) is 0 Å². The number of hydrogen-bond donors (Lipinski definition) is 2. The SMILES string of the molecule is CC(OCC(F)(F)F)C(=O)Nc1ccccc1C(C)O. The molecule has 4 nitrogen and oxygen atoms in total. The number of hydrogen-bond acceptors (Lipinski definition) is 3. The summed E-state index contributed by atoms with van der Waals surface area (Å²) in [6, 6.07) is 6.49. The zero-order valence-electron chi connectivity index (χ0n) is 11.1. The third-order valence-corrected chi connectivity index (χ3v) is 2.53. The van der Waals surface area contributed by atoms with Crippen molar-refractivity contribution >= 4 is 11.6 Å². The van der Waals surface area contributed by atoms with Gasteiger partial charge in [-0.25, -0.2) is 0 Å². The van der Waals surface area contributed by atoms with Gasteiger partial charge in [-0.2, -0.15) is 13.2 Å². The molecular formula is C13H16F3NO3. The van der Waals surface area contributed by atoms with Gasteiger partial charge in [0.1, 0.15) is 12.7 Å². The van der Waals surface area contributed by atoms with E-state index in [0.717, 1.165) is 0 Å². The first-order valence-corrected chi connectivity index (χ1v) is 5.97. The number of ether oxygens (including phenoxy) is 1. The highest BCUT2D eigenvalue weighted by Gasteiger charge is 2.30. The van der Waals surface area contributed by atoms with Crippen molar-refractivity contribution < 1.29 is 27.8 Å². The van der Waals surface area contributed by atoms with Crippen molar-refractivity contribution in [3.63, 3.8) is 0 Å². The van der Waals surface area contributed by atoms with Crippen LogP contribution in [0.25, 0.3) is 0 Å². The van der Waals surface area contributed by atoms with E-state index in [-0.39, 0.29) is 0 Å². The summed E-state index contributed by atoms with van der Waals surface area (Å²) in [5, 5.41) is 12.0. The molecule has 0 fully saturated rings. The first-order chi connectivity index (χ1) is 9.20. The second kappa shape index (κ2) is 6.71. The Morgan fingerprint density at radius 3 is 2.50 bits per heavy atom. The molecule has 0 heterocycles. The molecule has 0 aliphatic heterocycles. The molecule has 0 saturated heterocycles. The Hall–Kier alpha value is -1.60. The summed E-state index contributed by atoms with van der Waals surface area (Å²) in [6.07, 6.45) is -6.54. The van der Waals surface area contributed by atoms with Gasteiger partial charge < -0.3 is 15.2 Å². The van der Waals surface area contributed by atoms with Gasteiger partial charge in [-0.3, -0.25) is 4.79 Å². The molecule has 0 aromatic heterocycles. The Morgan fingerprint density at radius 1 is 1.35 bits per heavy atom. The van der Waals surface area contributed by atoms with Gasteiger partial charge in [-0.05, 0) is 19.9 Å². The number of halogens is 3. The Balaban J connectivity index is 2.66. The molecule has 0 spiro atoms. The minimum Gasteiger partial charge on any atom is -0.389 e. The maximum atomic E-state index is 12.0. The first-order valence-electron chi connectivity index (χ1n) is 5.97. The fourth-order valence-corrected chi connectivity index (χ4v) is 1.50.